The summed E-state index contributed by atoms with van der Waals surface area (Å²) in [5.41, 5.74) is 4.65. The van der Waals surface area contributed by atoms with E-state index in [1.54, 1.807) is 30.3 Å². The van der Waals surface area contributed by atoms with Crippen molar-refractivity contribution in [2.45, 2.75) is 30.5 Å². The van der Waals surface area contributed by atoms with Gasteiger partial charge in [0, 0.05) is 17.5 Å². The van der Waals surface area contributed by atoms with Crippen molar-refractivity contribution in [3.05, 3.63) is 107 Å². The molecular weight excluding hydrogens is 578 g/mol. The number of esters is 1. The summed E-state index contributed by atoms with van der Waals surface area (Å²) in [4.78, 5) is 57.2. The lowest BCUT2D eigenvalue weighted by Gasteiger charge is -2.16. The molecule has 1 atom stereocenters. The number of benzene rings is 3. The molecule has 4 aromatic rings. The maximum Gasteiger partial charge on any atom is 0.338 e. The molecule has 0 N–H and O–H groups in total. The average molecular weight is 606 g/mol. The fourth-order valence-corrected chi connectivity index (χ4v) is 5.79. The van der Waals surface area contributed by atoms with Crippen LogP contribution in [0.3, 0.4) is 0 Å². The van der Waals surface area contributed by atoms with Crippen molar-refractivity contribution in [2.75, 3.05) is 18.6 Å². The zero-order valence-electron chi connectivity index (χ0n) is 24.2. The Morgan fingerprint density at radius 1 is 1.00 bits per heavy atom. The molecule has 2 heterocycles. The molecule has 3 aromatic carbocycles. The highest BCUT2D eigenvalue weighted by Gasteiger charge is 2.41. The summed E-state index contributed by atoms with van der Waals surface area (Å²) in [5.74, 6) is -1.45. The van der Waals surface area contributed by atoms with Crippen molar-refractivity contribution < 1.29 is 28.7 Å². The van der Waals surface area contributed by atoms with E-state index in [0.29, 0.717) is 33.3 Å². The summed E-state index contributed by atoms with van der Waals surface area (Å²) in [5, 5.41) is 9.36. The number of aromatic nitrogens is 1. The number of imide groups is 1. The summed E-state index contributed by atoms with van der Waals surface area (Å²) in [6.45, 7) is 3.41. The SMILES string of the molecule is COc1cccc(C(=O)COC(=O)c2ccc(N3C(=O)CC(Sc4nc(-c5ccc(C)cc5)c(C)cc4C#N)C3=O)cc2)c1. The van der Waals surface area contributed by atoms with Gasteiger partial charge < -0.3 is 9.47 Å². The van der Waals surface area contributed by atoms with Crippen LogP contribution >= 0.6 is 11.8 Å². The lowest BCUT2D eigenvalue weighted by molar-refractivity contribution is -0.121. The quantitative estimate of drug-likeness (QED) is 0.134. The second-order valence-electron chi connectivity index (χ2n) is 10.1. The largest absolute Gasteiger partial charge is 0.497 e. The van der Waals surface area contributed by atoms with Gasteiger partial charge in [0.05, 0.1) is 34.9 Å². The molecule has 1 unspecified atom stereocenters. The number of ether oxygens (including phenoxy) is 2. The molecule has 1 saturated heterocycles. The van der Waals surface area contributed by atoms with E-state index < -0.39 is 29.6 Å². The normalized spacial score (nSPS) is 14.3. The molecule has 44 heavy (non-hydrogen) atoms. The molecule has 10 heteroatoms. The molecular formula is C34H27N3O6S. The van der Waals surface area contributed by atoms with Gasteiger partial charge in [0.25, 0.3) is 0 Å². The third-order valence-corrected chi connectivity index (χ3v) is 8.26. The second kappa shape index (κ2) is 12.9. The van der Waals surface area contributed by atoms with Gasteiger partial charge in [-0.1, -0.05) is 53.7 Å². The van der Waals surface area contributed by atoms with Gasteiger partial charge in [0.1, 0.15) is 16.8 Å². The predicted octanol–water partition coefficient (Wildman–Crippen LogP) is 5.71. The molecule has 1 aromatic heterocycles. The molecule has 0 radical (unpaired) electrons. The lowest BCUT2D eigenvalue weighted by atomic mass is 10.0. The van der Waals surface area contributed by atoms with E-state index in [-0.39, 0.29) is 17.8 Å². The van der Waals surface area contributed by atoms with Crippen LogP contribution in [-0.4, -0.2) is 47.5 Å². The fraction of sp³-hybridized carbons (Fsp3) is 0.176. The first-order valence-corrected chi connectivity index (χ1v) is 14.5. The number of nitrogens with zero attached hydrogens (tertiary/aromatic N) is 3. The number of anilines is 1. The van der Waals surface area contributed by atoms with Crippen LogP contribution in [0.5, 0.6) is 5.75 Å². The predicted molar refractivity (Wildman–Crippen MR) is 165 cm³/mol. The number of pyridine rings is 1. The highest BCUT2D eigenvalue weighted by atomic mass is 32.2. The first-order valence-electron chi connectivity index (χ1n) is 13.6. The van der Waals surface area contributed by atoms with Crippen molar-refractivity contribution in [3.63, 3.8) is 0 Å². The third-order valence-electron chi connectivity index (χ3n) is 7.07. The van der Waals surface area contributed by atoms with E-state index in [0.717, 1.165) is 33.4 Å². The number of Topliss-reactive ketones (excluding diaryl/α,β-unsaturated/α-hetero) is 1. The number of carbonyl (C=O) groups excluding carboxylic acids is 4. The molecule has 0 spiro atoms. The van der Waals surface area contributed by atoms with E-state index in [4.69, 9.17) is 14.5 Å². The highest BCUT2D eigenvalue weighted by Crippen LogP contribution is 2.36. The summed E-state index contributed by atoms with van der Waals surface area (Å²) in [6.07, 6.45) is -0.0695. The zero-order valence-corrected chi connectivity index (χ0v) is 25.0. The lowest BCUT2D eigenvalue weighted by Crippen LogP contribution is -2.31. The van der Waals surface area contributed by atoms with E-state index in [2.05, 4.69) is 6.07 Å². The Labute approximate surface area is 258 Å². The molecule has 1 fully saturated rings. The van der Waals surface area contributed by atoms with Crippen LogP contribution in [0.2, 0.25) is 0 Å². The van der Waals surface area contributed by atoms with Crippen LogP contribution < -0.4 is 9.64 Å². The van der Waals surface area contributed by atoms with Crippen molar-refractivity contribution in [1.29, 1.82) is 5.26 Å². The Balaban J connectivity index is 1.27. The van der Waals surface area contributed by atoms with Crippen molar-refractivity contribution in [3.8, 4) is 23.1 Å². The van der Waals surface area contributed by atoms with E-state index >= 15 is 0 Å². The van der Waals surface area contributed by atoms with Crippen LogP contribution in [-0.2, 0) is 14.3 Å². The zero-order chi connectivity index (χ0) is 31.4. The minimum atomic E-state index is -0.775. The maximum absolute atomic E-state index is 13.4. The molecule has 220 valence electrons. The van der Waals surface area contributed by atoms with Gasteiger partial charge in [0.2, 0.25) is 11.8 Å². The number of methoxy groups -OCH3 is 1. The molecule has 1 aliphatic heterocycles. The standard InChI is InChI=1S/C34H27N3O6S/c1-20-7-9-22(10-8-20)31-21(2)15-25(18-35)32(36-31)44-29-17-30(39)37(33(29)40)26-13-11-23(12-14-26)34(41)43-19-28(38)24-5-4-6-27(16-24)42-3/h4-16,29H,17,19H2,1-3H3. The first kappa shape index (κ1) is 30.2. The molecule has 0 saturated carbocycles. The first-order chi connectivity index (χ1) is 21.2. The van der Waals surface area contributed by atoms with Crippen molar-refractivity contribution in [1.82, 2.24) is 4.98 Å². The van der Waals surface area contributed by atoms with Gasteiger partial charge in [-0.3, -0.25) is 14.4 Å². The topological polar surface area (TPSA) is 127 Å². The molecule has 1 aliphatic rings. The molecule has 2 amide bonds. The number of hydrogen-bond donors (Lipinski definition) is 0. The van der Waals surface area contributed by atoms with Gasteiger partial charge in [-0.15, -0.1) is 0 Å². The van der Waals surface area contributed by atoms with Gasteiger partial charge in [0.15, 0.2) is 12.4 Å². The highest BCUT2D eigenvalue weighted by molar-refractivity contribution is 8.00. The number of ketones is 1. The number of rotatable bonds is 9. The Bertz CT molecular complexity index is 1810. The molecule has 0 bridgehead atoms. The van der Waals surface area contributed by atoms with Crippen LogP contribution in [0.4, 0.5) is 5.69 Å². The number of aryl methyl sites for hydroxylation is 2. The Kier molecular flexibility index (Phi) is 8.88. The number of nitriles is 1. The van der Waals surface area contributed by atoms with Crippen LogP contribution in [0.15, 0.2) is 83.9 Å². The Morgan fingerprint density at radius 3 is 2.41 bits per heavy atom. The Hall–Kier alpha value is -5.27. The summed E-state index contributed by atoms with van der Waals surface area (Å²) in [7, 11) is 1.49. The number of carbonyl (C=O) groups is 4. The van der Waals surface area contributed by atoms with Crippen LogP contribution in [0, 0.1) is 25.2 Å². The van der Waals surface area contributed by atoms with Gasteiger partial charge in [-0.25, -0.2) is 14.7 Å². The van der Waals surface area contributed by atoms with Crippen LogP contribution in [0.25, 0.3) is 11.3 Å². The second-order valence-corrected chi connectivity index (χ2v) is 11.3. The molecule has 0 aliphatic carbocycles. The minimum absolute atomic E-state index is 0.0695. The van der Waals surface area contributed by atoms with E-state index in [1.807, 2.05) is 38.1 Å². The fourth-order valence-electron chi connectivity index (χ4n) is 4.71. The summed E-state index contributed by atoms with van der Waals surface area (Å²) < 4.78 is 10.3. The van der Waals surface area contributed by atoms with E-state index in [9.17, 15) is 24.4 Å². The van der Waals surface area contributed by atoms with Crippen molar-refractivity contribution in [2.24, 2.45) is 0 Å². The maximum atomic E-state index is 13.4. The van der Waals surface area contributed by atoms with Crippen LogP contribution in [0.1, 0.15) is 43.8 Å². The number of amides is 2. The molecule has 5 rings (SSSR count). The van der Waals surface area contributed by atoms with Gasteiger partial charge in [-0.2, -0.15) is 5.26 Å². The smallest absolute Gasteiger partial charge is 0.338 e. The summed E-state index contributed by atoms with van der Waals surface area (Å²) >= 11 is 1.09. The van der Waals surface area contributed by atoms with Crippen molar-refractivity contribution >= 4 is 41.0 Å². The third kappa shape index (κ3) is 6.38. The van der Waals surface area contributed by atoms with E-state index in [1.165, 1.54) is 31.4 Å². The summed E-state index contributed by atoms with van der Waals surface area (Å²) in [6, 6.07) is 24.1. The number of thioether (sulfide) groups is 1. The monoisotopic (exact) mass is 605 g/mol. The molecule has 9 nitrogen and oxygen atoms in total. The number of hydrogen-bond acceptors (Lipinski definition) is 9. The van der Waals surface area contributed by atoms with Gasteiger partial charge in [-0.05, 0) is 61.9 Å². The Morgan fingerprint density at radius 2 is 1.73 bits per heavy atom. The van der Waals surface area contributed by atoms with Gasteiger partial charge >= 0.3 is 5.97 Å². The average Bonchev–Trinajstić information content (AvgIpc) is 3.32. The minimum Gasteiger partial charge on any atom is -0.497 e.